The summed E-state index contributed by atoms with van der Waals surface area (Å²) in [6.45, 7) is 3.81. The van der Waals surface area contributed by atoms with Crippen LogP contribution in [-0.2, 0) is 4.79 Å². The summed E-state index contributed by atoms with van der Waals surface area (Å²) in [7, 11) is 0. The third-order valence-electron chi connectivity index (χ3n) is 3.76. The fourth-order valence-corrected chi connectivity index (χ4v) is 2.32. The molecule has 3 N–H and O–H groups in total. The number of anilines is 2. The summed E-state index contributed by atoms with van der Waals surface area (Å²) in [6, 6.07) is 18.1. The fraction of sp³-hybridized carbons (Fsp3) is 0.278. The summed E-state index contributed by atoms with van der Waals surface area (Å²) < 4.78 is 0. The molecule has 0 fully saturated rings. The van der Waals surface area contributed by atoms with Crippen molar-refractivity contribution in [1.82, 2.24) is 0 Å². The summed E-state index contributed by atoms with van der Waals surface area (Å²) >= 11 is 0. The van der Waals surface area contributed by atoms with E-state index in [1.807, 2.05) is 36.4 Å². The molecule has 4 heteroatoms. The molecule has 0 radical (unpaired) electrons. The monoisotopic (exact) mass is 298 g/mol. The molecular weight excluding hydrogens is 276 g/mol. The van der Waals surface area contributed by atoms with E-state index in [1.54, 1.807) is 6.07 Å². The zero-order valence-electron chi connectivity index (χ0n) is 12.9. The lowest BCUT2D eigenvalue weighted by molar-refractivity contribution is -0.118. The maximum absolute atomic E-state index is 11.2. The predicted molar refractivity (Wildman–Crippen MR) is 90.1 cm³/mol. The van der Waals surface area contributed by atoms with Crippen molar-refractivity contribution in [3.05, 3.63) is 60.2 Å². The van der Waals surface area contributed by atoms with Gasteiger partial charge in [0.2, 0.25) is 5.91 Å². The number of hydrogen-bond acceptors (Lipinski definition) is 3. The first kappa shape index (κ1) is 16.0. The number of rotatable bonds is 6. The van der Waals surface area contributed by atoms with Crippen LogP contribution in [0.2, 0.25) is 0 Å². The van der Waals surface area contributed by atoms with Crippen LogP contribution in [0.5, 0.6) is 0 Å². The highest BCUT2D eigenvalue weighted by atomic mass is 16.3. The van der Waals surface area contributed by atoms with Crippen LogP contribution in [0.1, 0.15) is 25.3 Å². The molecule has 0 aliphatic rings. The van der Waals surface area contributed by atoms with Crippen molar-refractivity contribution in [2.75, 3.05) is 17.2 Å². The summed E-state index contributed by atoms with van der Waals surface area (Å²) in [6.07, 6.45) is 0. The number of carbonyl (C=O) groups is 1. The fourth-order valence-electron chi connectivity index (χ4n) is 2.32. The van der Waals surface area contributed by atoms with Gasteiger partial charge in [0.1, 0.15) is 6.61 Å². The normalized spacial score (nSPS) is 13.2. The van der Waals surface area contributed by atoms with E-state index in [-0.39, 0.29) is 6.04 Å². The second kappa shape index (κ2) is 7.61. The van der Waals surface area contributed by atoms with Crippen molar-refractivity contribution in [2.24, 2.45) is 0 Å². The Morgan fingerprint density at radius 2 is 1.73 bits per heavy atom. The van der Waals surface area contributed by atoms with Gasteiger partial charge in [-0.05, 0) is 30.7 Å². The SMILES string of the molecule is CC(Nc1cccc(NC(=O)CO)c1)C(C)c1ccccc1. The highest BCUT2D eigenvalue weighted by molar-refractivity contribution is 5.91. The standard InChI is InChI=1S/C18H22N2O2/c1-13(15-7-4-3-5-8-15)14(2)19-16-9-6-10-17(11-16)20-18(22)12-21/h3-11,13-14,19,21H,12H2,1-2H3,(H,20,22). The molecule has 4 nitrogen and oxygen atoms in total. The Balaban J connectivity index is 2.03. The minimum absolute atomic E-state index is 0.242. The van der Waals surface area contributed by atoms with E-state index in [2.05, 4.69) is 36.6 Å². The molecule has 0 aliphatic heterocycles. The Hall–Kier alpha value is -2.33. The van der Waals surface area contributed by atoms with Gasteiger partial charge in [0.25, 0.3) is 0 Å². The van der Waals surface area contributed by atoms with Gasteiger partial charge in [-0.25, -0.2) is 0 Å². The highest BCUT2D eigenvalue weighted by Crippen LogP contribution is 2.23. The number of amides is 1. The van der Waals surface area contributed by atoms with Crippen LogP contribution < -0.4 is 10.6 Å². The van der Waals surface area contributed by atoms with Crippen LogP contribution in [0.25, 0.3) is 0 Å². The van der Waals surface area contributed by atoms with Crippen molar-refractivity contribution < 1.29 is 9.90 Å². The molecule has 2 atom stereocenters. The zero-order chi connectivity index (χ0) is 15.9. The maximum atomic E-state index is 11.2. The lowest BCUT2D eigenvalue weighted by Crippen LogP contribution is -2.22. The molecule has 2 unspecified atom stereocenters. The molecule has 0 saturated heterocycles. The zero-order valence-corrected chi connectivity index (χ0v) is 12.9. The molecule has 0 heterocycles. The Bertz CT molecular complexity index is 613. The number of hydrogen-bond donors (Lipinski definition) is 3. The third kappa shape index (κ3) is 4.33. The Morgan fingerprint density at radius 1 is 1.05 bits per heavy atom. The summed E-state index contributed by atoms with van der Waals surface area (Å²) in [5, 5.41) is 14.9. The molecule has 2 aromatic rings. The van der Waals surface area contributed by atoms with Gasteiger partial charge in [0.05, 0.1) is 0 Å². The topological polar surface area (TPSA) is 61.4 Å². The lowest BCUT2D eigenvalue weighted by Gasteiger charge is -2.23. The second-order valence-corrected chi connectivity index (χ2v) is 5.42. The summed E-state index contributed by atoms with van der Waals surface area (Å²) in [5.74, 6) is -0.0558. The molecule has 0 bridgehead atoms. The van der Waals surface area contributed by atoms with E-state index in [1.165, 1.54) is 5.56 Å². The van der Waals surface area contributed by atoms with Crippen LogP contribution in [0, 0.1) is 0 Å². The molecule has 0 aliphatic carbocycles. The number of nitrogens with one attached hydrogen (secondary N) is 2. The molecule has 1 amide bonds. The van der Waals surface area contributed by atoms with Crippen LogP contribution in [0.15, 0.2) is 54.6 Å². The van der Waals surface area contributed by atoms with Gasteiger partial charge in [-0.2, -0.15) is 0 Å². The summed E-state index contributed by atoms with van der Waals surface area (Å²) in [5.41, 5.74) is 2.89. The van der Waals surface area contributed by atoms with Gasteiger partial charge in [-0.15, -0.1) is 0 Å². The molecule has 0 spiro atoms. The van der Waals surface area contributed by atoms with Gasteiger partial charge in [0.15, 0.2) is 0 Å². The Labute approximate surface area is 131 Å². The third-order valence-corrected chi connectivity index (χ3v) is 3.76. The average molecular weight is 298 g/mol. The Kier molecular flexibility index (Phi) is 5.55. The van der Waals surface area contributed by atoms with E-state index in [4.69, 9.17) is 5.11 Å². The van der Waals surface area contributed by atoms with Crippen LogP contribution in [0.4, 0.5) is 11.4 Å². The van der Waals surface area contributed by atoms with Gasteiger partial charge < -0.3 is 15.7 Å². The maximum Gasteiger partial charge on any atom is 0.250 e. The molecule has 116 valence electrons. The molecule has 2 rings (SSSR count). The summed E-state index contributed by atoms with van der Waals surface area (Å²) in [4.78, 5) is 11.2. The van der Waals surface area contributed by atoms with Gasteiger partial charge in [0, 0.05) is 23.3 Å². The van der Waals surface area contributed by atoms with Crippen LogP contribution in [0.3, 0.4) is 0 Å². The van der Waals surface area contributed by atoms with Gasteiger partial charge >= 0.3 is 0 Å². The largest absolute Gasteiger partial charge is 0.387 e. The highest BCUT2D eigenvalue weighted by Gasteiger charge is 2.14. The van der Waals surface area contributed by atoms with Crippen molar-refractivity contribution in [2.45, 2.75) is 25.8 Å². The average Bonchev–Trinajstić information content (AvgIpc) is 2.55. The lowest BCUT2D eigenvalue weighted by atomic mass is 9.94. The number of aliphatic hydroxyl groups excluding tert-OH is 1. The number of benzene rings is 2. The van der Waals surface area contributed by atoms with Crippen molar-refractivity contribution in [3.63, 3.8) is 0 Å². The van der Waals surface area contributed by atoms with E-state index >= 15 is 0 Å². The molecule has 0 aromatic heterocycles. The second-order valence-electron chi connectivity index (χ2n) is 5.42. The molecule has 0 saturated carbocycles. The molecule has 22 heavy (non-hydrogen) atoms. The van der Waals surface area contributed by atoms with Gasteiger partial charge in [-0.1, -0.05) is 43.3 Å². The van der Waals surface area contributed by atoms with Crippen molar-refractivity contribution in [1.29, 1.82) is 0 Å². The van der Waals surface area contributed by atoms with Crippen molar-refractivity contribution in [3.8, 4) is 0 Å². The Morgan fingerprint density at radius 3 is 2.41 bits per heavy atom. The minimum Gasteiger partial charge on any atom is -0.387 e. The quantitative estimate of drug-likeness (QED) is 0.767. The van der Waals surface area contributed by atoms with E-state index in [0.717, 1.165) is 5.69 Å². The minimum atomic E-state index is -0.515. The first-order valence-electron chi connectivity index (χ1n) is 7.42. The van der Waals surface area contributed by atoms with E-state index in [9.17, 15) is 4.79 Å². The molecule has 2 aromatic carbocycles. The predicted octanol–water partition coefficient (Wildman–Crippen LogP) is 3.22. The van der Waals surface area contributed by atoms with Crippen LogP contribution in [-0.4, -0.2) is 23.7 Å². The first-order valence-corrected chi connectivity index (χ1v) is 7.42. The molecular formula is C18H22N2O2. The van der Waals surface area contributed by atoms with Crippen molar-refractivity contribution >= 4 is 17.3 Å². The van der Waals surface area contributed by atoms with E-state index < -0.39 is 12.5 Å². The van der Waals surface area contributed by atoms with E-state index in [0.29, 0.717) is 11.6 Å². The smallest absolute Gasteiger partial charge is 0.250 e. The first-order chi connectivity index (χ1) is 10.6. The number of carbonyl (C=O) groups excluding carboxylic acids is 1. The number of aliphatic hydroxyl groups is 1. The van der Waals surface area contributed by atoms with Crippen LogP contribution >= 0.6 is 0 Å². The van der Waals surface area contributed by atoms with Gasteiger partial charge in [-0.3, -0.25) is 4.79 Å².